The van der Waals surface area contributed by atoms with Crippen LogP contribution in [0.1, 0.15) is 32.3 Å². The summed E-state index contributed by atoms with van der Waals surface area (Å²) in [6.45, 7) is 5.32. The maximum atomic E-state index is 12.9. The number of thiocarbonyl (C=S) groups is 1. The van der Waals surface area contributed by atoms with Crippen LogP contribution in [0.2, 0.25) is 0 Å². The summed E-state index contributed by atoms with van der Waals surface area (Å²) in [5.41, 5.74) is 7.27. The van der Waals surface area contributed by atoms with Crippen LogP contribution in [-0.2, 0) is 9.59 Å². The number of piperidine rings is 1. The maximum absolute atomic E-state index is 12.9. The number of benzene rings is 1. The van der Waals surface area contributed by atoms with Crippen LogP contribution in [-0.4, -0.2) is 45.2 Å². The number of pyridine rings is 1. The van der Waals surface area contributed by atoms with Crippen LogP contribution in [0.4, 0.5) is 5.82 Å². The van der Waals surface area contributed by atoms with Crippen LogP contribution in [0, 0.1) is 5.92 Å². The maximum Gasteiger partial charge on any atom is 0.266 e. The van der Waals surface area contributed by atoms with E-state index in [0.29, 0.717) is 35.2 Å². The molecule has 2 fully saturated rings. The fourth-order valence-corrected chi connectivity index (χ4v) is 5.44. The highest BCUT2D eigenvalue weighted by molar-refractivity contribution is 8.26. The van der Waals surface area contributed by atoms with Crippen LogP contribution >= 0.6 is 24.0 Å². The number of para-hydroxylation sites is 1. The Hall–Kier alpha value is -2.45. The molecule has 2 aliphatic heterocycles. The molecule has 2 aliphatic rings. The molecule has 0 unspecified atom stereocenters. The van der Waals surface area contributed by atoms with Gasteiger partial charge in [-0.05, 0) is 44.9 Å². The summed E-state index contributed by atoms with van der Waals surface area (Å²) in [5, 5.41) is 1.01. The molecule has 1 aromatic heterocycles. The summed E-state index contributed by atoms with van der Waals surface area (Å²) in [6.07, 6.45) is 3.31. The summed E-state index contributed by atoms with van der Waals surface area (Å²) in [4.78, 5) is 33.8. The quantitative estimate of drug-likeness (QED) is 0.579. The minimum Gasteiger partial charge on any atom is -0.369 e. The molecule has 8 heteroatoms. The number of rotatable bonds is 4. The van der Waals surface area contributed by atoms with Crippen LogP contribution in [0.5, 0.6) is 0 Å². The average Bonchev–Trinajstić information content (AvgIpc) is 3.00. The molecule has 2 aromatic rings. The van der Waals surface area contributed by atoms with E-state index in [2.05, 4.69) is 11.0 Å². The third-order valence-electron chi connectivity index (χ3n) is 5.56. The normalized spacial score (nSPS) is 19.5. The van der Waals surface area contributed by atoms with Crippen molar-refractivity contribution in [1.82, 2.24) is 9.88 Å². The van der Waals surface area contributed by atoms with Gasteiger partial charge in [0.1, 0.15) is 10.1 Å². The van der Waals surface area contributed by atoms with Crippen molar-refractivity contribution in [3.63, 3.8) is 0 Å². The van der Waals surface area contributed by atoms with Crippen LogP contribution in [0.15, 0.2) is 35.2 Å². The highest BCUT2D eigenvalue weighted by atomic mass is 32.2. The first-order chi connectivity index (χ1) is 14.3. The van der Waals surface area contributed by atoms with Gasteiger partial charge in [-0.25, -0.2) is 4.98 Å². The monoisotopic (exact) mass is 440 g/mol. The fraction of sp³-hybridized carbons (Fsp3) is 0.364. The number of anilines is 1. The van der Waals surface area contributed by atoms with E-state index in [1.165, 1.54) is 11.8 Å². The molecule has 30 heavy (non-hydrogen) atoms. The Labute approximate surface area is 185 Å². The number of aromatic nitrogens is 1. The SMILES string of the molecule is CC(C)N1C(=O)/C(=C/c2cc3ccccc3nc2N2CCC(C(N)=O)CC2)SC1=S. The van der Waals surface area contributed by atoms with E-state index in [4.69, 9.17) is 22.9 Å². The molecular formula is C22H24N4O2S2. The molecule has 0 radical (unpaired) electrons. The van der Waals surface area contributed by atoms with E-state index in [1.54, 1.807) is 4.90 Å². The molecule has 1 aromatic carbocycles. The van der Waals surface area contributed by atoms with Crippen molar-refractivity contribution < 1.29 is 9.59 Å². The number of carbonyl (C=O) groups excluding carboxylic acids is 2. The molecule has 0 bridgehead atoms. The highest BCUT2D eigenvalue weighted by Gasteiger charge is 2.34. The summed E-state index contributed by atoms with van der Waals surface area (Å²) in [6, 6.07) is 10.0. The van der Waals surface area contributed by atoms with Crippen molar-refractivity contribution >= 4 is 62.9 Å². The first-order valence-electron chi connectivity index (χ1n) is 10.1. The van der Waals surface area contributed by atoms with Gasteiger partial charge in [-0.2, -0.15) is 0 Å². The molecular weight excluding hydrogens is 416 g/mol. The molecule has 6 nitrogen and oxygen atoms in total. The van der Waals surface area contributed by atoms with Gasteiger partial charge in [0.15, 0.2) is 0 Å². The van der Waals surface area contributed by atoms with Crippen molar-refractivity contribution in [2.75, 3.05) is 18.0 Å². The number of carbonyl (C=O) groups is 2. The second-order valence-corrected chi connectivity index (χ2v) is 9.58. The van der Waals surface area contributed by atoms with E-state index in [-0.39, 0.29) is 23.8 Å². The number of nitrogens with zero attached hydrogens (tertiary/aromatic N) is 3. The Bertz CT molecular complexity index is 1060. The van der Waals surface area contributed by atoms with Gasteiger partial charge in [0.2, 0.25) is 5.91 Å². The second-order valence-electron chi connectivity index (χ2n) is 7.90. The molecule has 0 spiro atoms. The minimum absolute atomic E-state index is 0.0189. The highest BCUT2D eigenvalue weighted by Crippen LogP contribution is 2.36. The lowest BCUT2D eigenvalue weighted by molar-refractivity contribution is -0.123. The molecule has 156 valence electrons. The number of fused-ring (bicyclic) bond motifs is 1. The number of primary amides is 1. The van der Waals surface area contributed by atoms with E-state index in [9.17, 15) is 9.59 Å². The Balaban J connectivity index is 1.74. The van der Waals surface area contributed by atoms with Gasteiger partial charge in [-0.3, -0.25) is 14.5 Å². The second kappa shape index (κ2) is 8.35. The largest absolute Gasteiger partial charge is 0.369 e. The molecule has 0 atom stereocenters. The smallest absolute Gasteiger partial charge is 0.266 e. The number of amides is 2. The Kier molecular flexibility index (Phi) is 5.79. The Morgan fingerprint density at radius 2 is 2.00 bits per heavy atom. The first kappa shape index (κ1) is 20.8. The molecule has 2 saturated heterocycles. The predicted molar refractivity (Wildman–Crippen MR) is 126 cm³/mol. The fourth-order valence-electron chi connectivity index (χ4n) is 3.92. The van der Waals surface area contributed by atoms with Crippen molar-refractivity contribution in [3.8, 4) is 0 Å². The van der Waals surface area contributed by atoms with Gasteiger partial charge < -0.3 is 10.6 Å². The van der Waals surface area contributed by atoms with Crippen LogP contribution < -0.4 is 10.6 Å². The zero-order chi connectivity index (χ0) is 21.4. The van der Waals surface area contributed by atoms with Gasteiger partial charge in [0, 0.05) is 36.0 Å². The Morgan fingerprint density at radius 3 is 2.63 bits per heavy atom. The lowest BCUT2D eigenvalue weighted by Crippen LogP contribution is -2.39. The van der Waals surface area contributed by atoms with Gasteiger partial charge in [0.25, 0.3) is 5.91 Å². The summed E-state index contributed by atoms with van der Waals surface area (Å²) in [5.74, 6) is 0.434. The van der Waals surface area contributed by atoms with E-state index < -0.39 is 0 Å². The van der Waals surface area contributed by atoms with Gasteiger partial charge >= 0.3 is 0 Å². The van der Waals surface area contributed by atoms with Crippen molar-refractivity contribution in [2.45, 2.75) is 32.7 Å². The van der Waals surface area contributed by atoms with E-state index >= 15 is 0 Å². The molecule has 4 rings (SSSR count). The molecule has 0 saturated carbocycles. The summed E-state index contributed by atoms with van der Waals surface area (Å²) >= 11 is 6.75. The lowest BCUT2D eigenvalue weighted by Gasteiger charge is -2.32. The number of thioether (sulfide) groups is 1. The summed E-state index contributed by atoms with van der Waals surface area (Å²) < 4.78 is 0.582. The molecule has 2 amide bonds. The van der Waals surface area contributed by atoms with E-state index in [1.807, 2.05) is 44.2 Å². The zero-order valence-corrected chi connectivity index (χ0v) is 18.6. The minimum atomic E-state index is -0.237. The average molecular weight is 441 g/mol. The lowest BCUT2D eigenvalue weighted by atomic mass is 9.96. The topological polar surface area (TPSA) is 79.5 Å². The van der Waals surface area contributed by atoms with Crippen LogP contribution in [0.3, 0.4) is 0 Å². The third-order valence-corrected chi connectivity index (χ3v) is 6.89. The summed E-state index contributed by atoms with van der Waals surface area (Å²) in [7, 11) is 0. The molecule has 0 aliphatic carbocycles. The van der Waals surface area contributed by atoms with Crippen LogP contribution in [0.25, 0.3) is 17.0 Å². The third kappa shape index (κ3) is 3.94. The number of hydrogen-bond acceptors (Lipinski definition) is 6. The van der Waals surface area contributed by atoms with Crippen molar-refractivity contribution in [1.29, 1.82) is 0 Å². The number of hydrogen-bond donors (Lipinski definition) is 1. The molecule has 3 heterocycles. The van der Waals surface area contributed by atoms with E-state index in [0.717, 1.165) is 22.3 Å². The molecule has 2 N–H and O–H groups in total. The van der Waals surface area contributed by atoms with Crippen molar-refractivity contribution in [2.24, 2.45) is 11.7 Å². The number of nitrogens with two attached hydrogens (primary N) is 1. The first-order valence-corrected chi connectivity index (χ1v) is 11.3. The van der Waals surface area contributed by atoms with Gasteiger partial charge in [-0.1, -0.05) is 42.2 Å². The zero-order valence-electron chi connectivity index (χ0n) is 17.0. The predicted octanol–water partition coefficient (Wildman–Crippen LogP) is 3.55. The van der Waals surface area contributed by atoms with Crippen molar-refractivity contribution in [3.05, 3.63) is 40.8 Å². The standard InChI is InChI=1S/C22H24N4O2S2/c1-13(2)26-21(28)18(30-22(26)29)12-16-11-15-5-3-4-6-17(15)24-20(16)25-9-7-14(8-10-25)19(23)27/h3-6,11-14H,7-10H2,1-2H3,(H2,23,27)/b18-12-. The van der Waals surface area contributed by atoms with Gasteiger partial charge in [-0.15, -0.1) is 0 Å². The van der Waals surface area contributed by atoms with Gasteiger partial charge in [0.05, 0.1) is 10.4 Å². The Morgan fingerprint density at radius 1 is 1.30 bits per heavy atom.